The van der Waals surface area contributed by atoms with Gasteiger partial charge < -0.3 is 40.1 Å². The van der Waals surface area contributed by atoms with E-state index in [1.807, 2.05) is 30.3 Å². The molecule has 6 atom stereocenters. The van der Waals surface area contributed by atoms with Gasteiger partial charge in [0.05, 0.1) is 7.11 Å². The highest BCUT2D eigenvalue weighted by Gasteiger charge is 2.39. The zero-order valence-electron chi connectivity index (χ0n) is 31.6. The molecule has 14 heteroatoms. The average molecular weight is 741 g/mol. The molecule has 3 aliphatic heterocycles. The second-order valence-electron chi connectivity index (χ2n) is 13.9. The summed E-state index contributed by atoms with van der Waals surface area (Å²) in [5, 5.41) is 8.15. The van der Waals surface area contributed by atoms with Gasteiger partial charge in [0, 0.05) is 40.4 Å². The molecular formula is C40H48N6O8. The van der Waals surface area contributed by atoms with Gasteiger partial charge in [-0.15, -0.1) is 0 Å². The summed E-state index contributed by atoms with van der Waals surface area (Å²) < 4.78 is 11.7. The maximum atomic E-state index is 14.6. The standard InChI is InChI=1S/C40H48N6O8/c1-23-35(47)42-24(2)38(50)44(4)30(19-26-11-9-8-10-12-26)37(49)43-25(3)39(51)46(6)32-20-27-13-16-29(17-14-27)54-34-22-28(15-18-33(34)53-7)21-31(36(48)41-23)45(5)40(32)52/h8-18,22-25,30-32H,19-21H2,1-7H3,(H,41,48)(H,42,47)(H,43,49)/t23-,24+,25+,30+,31+,32+/m1/s1. The van der Waals surface area contributed by atoms with Gasteiger partial charge in [-0.2, -0.15) is 0 Å². The van der Waals surface area contributed by atoms with Gasteiger partial charge in [0.1, 0.15) is 42.0 Å². The molecule has 6 amide bonds. The Bertz CT molecular complexity index is 1890. The van der Waals surface area contributed by atoms with Gasteiger partial charge in [-0.25, -0.2) is 0 Å². The number of rotatable bonds is 3. The predicted molar refractivity (Wildman–Crippen MR) is 200 cm³/mol. The Morgan fingerprint density at radius 3 is 1.83 bits per heavy atom. The smallest absolute Gasteiger partial charge is 0.246 e. The molecule has 54 heavy (non-hydrogen) atoms. The van der Waals surface area contributed by atoms with Gasteiger partial charge in [0.25, 0.3) is 0 Å². The normalized spacial score (nSPS) is 24.8. The highest BCUT2D eigenvalue weighted by Crippen LogP contribution is 2.34. The quantitative estimate of drug-likeness (QED) is 0.366. The van der Waals surface area contributed by atoms with Crippen LogP contribution < -0.4 is 25.4 Å². The number of methoxy groups -OCH3 is 1. The van der Waals surface area contributed by atoms with Crippen LogP contribution in [-0.2, 0) is 48.0 Å². The van der Waals surface area contributed by atoms with E-state index in [1.165, 1.54) is 63.7 Å². The fourth-order valence-electron chi connectivity index (χ4n) is 6.69. The van der Waals surface area contributed by atoms with Crippen molar-refractivity contribution in [2.75, 3.05) is 28.3 Å². The molecular weight excluding hydrogens is 692 g/mol. The lowest BCUT2D eigenvalue weighted by Crippen LogP contribution is -2.61. The third-order valence-corrected chi connectivity index (χ3v) is 10.1. The minimum atomic E-state index is -1.15. The van der Waals surface area contributed by atoms with Crippen molar-refractivity contribution >= 4 is 35.4 Å². The number of nitrogens with one attached hydrogen (secondary N) is 3. The van der Waals surface area contributed by atoms with Crippen LogP contribution in [0.4, 0.5) is 0 Å². The summed E-state index contributed by atoms with van der Waals surface area (Å²) in [6.07, 6.45) is 0.209. The number of hydrogen-bond acceptors (Lipinski definition) is 8. The molecule has 0 aliphatic carbocycles. The molecule has 6 rings (SSSR count). The molecule has 0 saturated carbocycles. The number of fused-ring (bicyclic) bond motifs is 2. The minimum Gasteiger partial charge on any atom is -0.493 e. The molecule has 14 nitrogen and oxygen atoms in total. The van der Waals surface area contributed by atoms with Crippen LogP contribution in [0.25, 0.3) is 0 Å². The van der Waals surface area contributed by atoms with E-state index in [0.717, 1.165) is 5.56 Å². The van der Waals surface area contributed by atoms with E-state index in [4.69, 9.17) is 9.47 Å². The molecule has 1 saturated heterocycles. The number of benzene rings is 3. The van der Waals surface area contributed by atoms with Crippen molar-refractivity contribution in [3.05, 3.63) is 89.5 Å². The minimum absolute atomic E-state index is 0.0136. The average Bonchev–Trinajstić information content (AvgIpc) is 3.16. The lowest BCUT2D eigenvalue weighted by molar-refractivity contribution is -0.149. The van der Waals surface area contributed by atoms with Crippen LogP contribution in [0.3, 0.4) is 0 Å². The Balaban J connectivity index is 1.59. The van der Waals surface area contributed by atoms with Gasteiger partial charge in [0.15, 0.2) is 11.5 Å². The van der Waals surface area contributed by atoms with E-state index in [1.54, 1.807) is 42.5 Å². The lowest BCUT2D eigenvalue weighted by Gasteiger charge is -2.36. The Morgan fingerprint density at radius 1 is 0.630 bits per heavy atom. The molecule has 286 valence electrons. The number of hydrogen-bond donors (Lipinski definition) is 3. The Labute approximate surface area is 315 Å². The second kappa shape index (κ2) is 16.8. The summed E-state index contributed by atoms with van der Waals surface area (Å²) >= 11 is 0. The van der Waals surface area contributed by atoms with Crippen molar-refractivity contribution in [3.8, 4) is 17.2 Å². The van der Waals surface area contributed by atoms with Crippen LogP contribution in [-0.4, -0.2) is 115 Å². The van der Waals surface area contributed by atoms with E-state index in [-0.39, 0.29) is 19.3 Å². The summed E-state index contributed by atoms with van der Waals surface area (Å²) in [5.41, 5.74) is 2.10. The first-order valence-electron chi connectivity index (χ1n) is 17.9. The zero-order valence-corrected chi connectivity index (χ0v) is 31.6. The number of carbonyl (C=O) groups is 6. The van der Waals surface area contributed by atoms with Crippen molar-refractivity contribution in [2.45, 2.75) is 76.3 Å². The van der Waals surface area contributed by atoms with E-state index >= 15 is 0 Å². The van der Waals surface area contributed by atoms with Crippen molar-refractivity contribution in [2.24, 2.45) is 0 Å². The zero-order chi connectivity index (χ0) is 39.3. The summed E-state index contributed by atoms with van der Waals surface area (Å²) in [6, 6.07) is 14.7. The largest absolute Gasteiger partial charge is 0.493 e. The summed E-state index contributed by atoms with van der Waals surface area (Å²) in [7, 11) is 5.94. The van der Waals surface area contributed by atoms with Crippen LogP contribution in [0.15, 0.2) is 72.8 Å². The molecule has 3 aromatic rings. The fourth-order valence-corrected chi connectivity index (χ4v) is 6.69. The highest BCUT2D eigenvalue weighted by atomic mass is 16.5. The van der Waals surface area contributed by atoms with Crippen molar-refractivity contribution in [3.63, 3.8) is 0 Å². The van der Waals surface area contributed by atoms with Gasteiger partial charge in [-0.3, -0.25) is 28.8 Å². The Hall–Kier alpha value is -5.92. The molecule has 6 bridgehead atoms. The van der Waals surface area contributed by atoms with Crippen LogP contribution >= 0.6 is 0 Å². The predicted octanol–water partition coefficient (Wildman–Crippen LogP) is 1.84. The molecule has 3 heterocycles. The highest BCUT2D eigenvalue weighted by molar-refractivity contribution is 5.98. The molecule has 3 aliphatic rings. The van der Waals surface area contributed by atoms with E-state index in [0.29, 0.717) is 28.4 Å². The van der Waals surface area contributed by atoms with E-state index in [2.05, 4.69) is 16.0 Å². The van der Waals surface area contributed by atoms with Gasteiger partial charge >= 0.3 is 0 Å². The first kappa shape index (κ1) is 39.3. The van der Waals surface area contributed by atoms with Crippen LogP contribution in [0.5, 0.6) is 17.2 Å². The third kappa shape index (κ3) is 8.81. The fraction of sp³-hybridized carbons (Fsp3) is 0.400. The number of amides is 6. The molecule has 0 unspecified atom stereocenters. The third-order valence-electron chi connectivity index (χ3n) is 10.1. The second-order valence-corrected chi connectivity index (χ2v) is 13.9. The first-order chi connectivity index (χ1) is 25.7. The molecule has 0 radical (unpaired) electrons. The number of carbonyl (C=O) groups excluding carboxylic acids is 6. The van der Waals surface area contributed by atoms with E-state index in [9.17, 15) is 28.8 Å². The molecule has 3 aromatic carbocycles. The SMILES string of the molecule is COc1ccc2cc1Oc1ccc(cc1)C[C@H]1C(=O)N(C)[C@@H](C2)C(=O)N[C@H](C)C(=O)N[C@@H](C)C(=O)N(C)[C@@H](Cc2ccccc2)C(=O)N[C@@H](C)C(=O)N1C. The maximum absolute atomic E-state index is 14.6. The first-order valence-corrected chi connectivity index (χ1v) is 17.9. The maximum Gasteiger partial charge on any atom is 0.246 e. The summed E-state index contributed by atoms with van der Waals surface area (Å²) in [5.74, 6) is -2.14. The van der Waals surface area contributed by atoms with Crippen LogP contribution in [0.1, 0.15) is 37.5 Å². The molecule has 0 aromatic heterocycles. The van der Waals surface area contributed by atoms with Crippen molar-refractivity contribution < 1.29 is 38.2 Å². The monoisotopic (exact) mass is 740 g/mol. The molecule has 3 N–H and O–H groups in total. The number of ether oxygens (including phenoxy) is 2. The topological polar surface area (TPSA) is 167 Å². The molecule has 0 spiro atoms. The number of nitrogens with zero attached hydrogens (tertiary/aromatic N) is 3. The van der Waals surface area contributed by atoms with Gasteiger partial charge in [-0.05, 0) is 61.7 Å². The van der Waals surface area contributed by atoms with Gasteiger partial charge in [-0.1, -0.05) is 48.5 Å². The Kier molecular flexibility index (Phi) is 12.2. The van der Waals surface area contributed by atoms with Crippen molar-refractivity contribution in [1.82, 2.24) is 30.7 Å². The van der Waals surface area contributed by atoms with Gasteiger partial charge in [0.2, 0.25) is 35.4 Å². The van der Waals surface area contributed by atoms with Crippen molar-refractivity contribution in [1.29, 1.82) is 0 Å². The Morgan fingerprint density at radius 2 is 1.19 bits per heavy atom. The summed E-state index contributed by atoms with van der Waals surface area (Å²) in [4.78, 5) is 87.8. The number of likely N-dealkylation sites (N-methyl/N-ethyl adjacent to an activating group) is 3. The summed E-state index contributed by atoms with van der Waals surface area (Å²) in [6.45, 7) is 4.48. The van der Waals surface area contributed by atoms with E-state index < -0.39 is 71.7 Å². The van der Waals surface area contributed by atoms with Crippen LogP contribution in [0.2, 0.25) is 0 Å². The molecule has 1 fully saturated rings. The van der Waals surface area contributed by atoms with Crippen LogP contribution in [0, 0.1) is 0 Å². The lowest BCUT2D eigenvalue weighted by atomic mass is 9.98.